The van der Waals surface area contributed by atoms with Crippen LogP contribution in [0.15, 0.2) is 92.0 Å². The maximum Gasteiger partial charge on any atom is 0.331 e. The molecule has 2 aromatic heterocycles. The Bertz CT molecular complexity index is 1270. The number of aromatic amines is 1. The van der Waals surface area contributed by atoms with Gasteiger partial charge in [0.15, 0.2) is 0 Å². The zero-order valence-electron chi connectivity index (χ0n) is 15.8. The smallest absolute Gasteiger partial charge is 0.331 e. The summed E-state index contributed by atoms with van der Waals surface area (Å²) < 4.78 is 6.21. The molecule has 0 amide bonds. The fourth-order valence-electron chi connectivity index (χ4n) is 2.85. The second kappa shape index (κ2) is 8.36. The topological polar surface area (TPSA) is 113 Å². The zero-order valence-corrected chi connectivity index (χ0v) is 15.8. The average Bonchev–Trinajstić information content (AvgIpc) is 3.26. The van der Waals surface area contributed by atoms with Crippen molar-refractivity contribution in [2.75, 3.05) is 5.32 Å². The summed E-state index contributed by atoms with van der Waals surface area (Å²) in [6.45, 7) is -0.0187. The number of furan rings is 1. The van der Waals surface area contributed by atoms with Crippen molar-refractivity contribution in [3.05, 3.63) is 105 Å². The lowest BCUT2D eigenvalue weighted by Gasteiger charge is -2.08. The van der Waals surface area contributed by atoms with Crippen molar-refractivity contribution in [2.24, 2.45) is 4.99 Å². The highest BCUT2D eigenvalue weighted by Gasteiger charge is 2.13. The summed E-state index contributed by atoms with van der Waals surface area (Å²) in [5.41, 5.74) is 0.849. The number of aliphatic imine (C=N–C) groups is 1. The van der Waals surface area contributed by atoms with Gasteiger partial charge in [0.2, 0.25) is 5.88 Å². The number of aromatic hydroxyl groups is 1. The van der Waals surface area contributed by atoms with Gasteiger partial charge < -0.3 is 14.8 Å². The Morgan fingerprint density at radius 2 is 1.73 bits per heavy atom. The molecule has 30 heavy (non-hydrogen) atoms. The Hall–Kier alpha value is -4.33. The molecule has 4 rings (SSSR count). The first-order valence-electron chi connectivity index (χ1n) is 9.15. The van der Waals surface area contributed by atoms with E-state index in [4.69, 9.17) is 4.42 Å². The minimum absolute atomic E-state index is 0.0187. The van der Waals surface area contributed by atoms with E-state index in [0.29, 0.717) is 11.4 Å². The van der Waals surface area contributed by atoms with Crippen molar-refractivity contribution in [2.45, 2.75) is 6.54 Å². The highest BCUT2D eigenvalue weighted by atomic mass is 16.3. The maximum absolute atomic E-state index is 12.1. The SMILES string of the molecule is O=c1[nH]c(=O)n(Cc2ccco2)c(O)c1C=Nc1ccc(Nc2ccccc2)cc1. The fourth-order valence-corrected chi connectivity index (χ4v) is 2.85. The maximum atomic E-state index is 12.1. The molecule has 0 aliphatic heterocycles. The molecule has 2 aromatic carbocycles. The minimum Gasteiger partial charge on any atom is -0.494 e. The predicted molar refractivity (Wildman–Crippen MR) is 114 cm³/mol. The summed E-state index contributed by atoms with van der Waals surface area (Å²) in [7, 11) is 0. The number of nitrogens with zero attached hydrogens (tertiary/aromatic N) is 2. The monoisotopic (exact) mass is 402 g/mol. The average molecular weight is 402 g/mol. The molecule has 0 atom stereocenters. The van der Waals surface area contributed by atoms with Gasteiger partial charge in [0, 0.05) is 17.6 Å². The summed E-state index contributed by atoms with van der Waals surface area (Å²) >= 11 is 0. The van der Waals surface area contributed by atoms with E-state index in [2.05, 4.69) is 15.3 Å². The van der Waals surface area contributed by atoms with Crippen LogP contribution in [0.4, 0.5) is 17.1 Å². The van der Waals surface area contributed by atoms with Crippen molar-refractivity contribution in [1.82, 2.24) is 9.55 Å². The number of para-hydroxylation sites is 1. The van der Waals surface area contributed by atoms with E-state index >= 15 is 0 Å². The third kappa shape index (κ3) is 4.22. The van der Waals surface area contributed by atoms with Gasteiger partial charge in [-0.1, -0.05) is 18.2 Å². The quantitative estimate of drug-likeness (QED) is 0.428. The van der Waals surface area contributed by atoms with Crippen LogP contribution in [0, 0.1) is 0 Å². The van der Waals surface area contributed by atoms with Gasteiger partial charge in [-0.3, -0.25) is 19.3 Å². The fraction of sp³-hybridized carbons (Fsp3) is 0.0455. The molecule has 0 saturated heterocycles. The summed E-state index contributed by atoms with van der Waals surface area (Å²) in [6, 6.07) is 20.3. The first-order valence-corrected chi connectivity index (χ1v) is 9.15. The van der Waals surface area contributed by atoms with Gasteiger partial charge in [0.1, 0.15) is 11.3 Å². The predicted octanol–water partition coefficient (Wildman–Crippen LogP) is 3.38. The largest absolute Gasteiger partial charge is 0.494 e. The number of anilines is 2. The van der Waals surface area contributed by atoms with Crippen LogP contribution in [0.2, 0.25) is 0 Å². The molecule has 0 bridgehead atoms. The van der Waals surface area contributed by atoms with E-state index < -0.39 is 17.1 Å². The molecule has 0 radical (unpaired) electrons. The van der Waals surface area contributed by atoms with Crippen LogP contribution in [0.3, 0.4) is 0 Å². The van der Waals surface area contributed by atoms with E-state index in [1.807, 2.05) is 42.5 Å². The summed E-state index contributed by atoms with van der Waals surface area (Å²) in [5.74, 6) is -0.0184. The molecule has 2 heterocycles. The highest BCUT2D eigenvalue weighted by Crippen LogP contribution is 2.20. The molecule has 0 aliphatic carbocycles. The Morgan fingerprint density at radius 3 is 2.43 bits per heavy atom. The first kappa shape index (κ1) is 19.0. The van der Waals surface area contributed by atoms with Crippen LogP contribution in [-0.2, 0) is 6.54 Å². The zero-order chi connectivity index (χ0) is 20.9. The van der Waals surface area contributed by atoms with Gasteiger partial charge in [-0.2, -0.15) is 0 Å². The van der Waals surface area contributed by atoms with E-state index in [0.717, 1.165) is 15.9 Å². The van der Waals surface area contributed by atoms with Gasteiger partial charge >= 0.3 is 5.69 Å². The van der Waals surface area contributed by atoms with E-state index in [1.54, 1.807) is 24.3 Å². The number of benzene rings is 2. The molecule has 3 N–H and O–H groups in total. The molecular weight excluding hydrogens is 384 g/mol. The third-order valence-electron chi connectivity index (χ3n) is 4.37. The van der Waals surface area contributed by atoms with Crippen LogP contribution in [0.25, 0.3) is 0 Å². The molecule has 0 saturated carbocycles. The first-order chi connectivity index (χ1) is 14.6. The molecule has 0 aliphatic rings. The van der Waals surface area contributed by atoms with E-state index in [-0.39, 0.29) is 12.1 Å². The number of hydrogen-bond donors (Lipinski definition) is 3. The second-order valence-corrected chi connectivity index (χ2v) is 6.46. The van der Waals surface area contributed by atoms with Crippen LogP contribution >= 0.6 is 0 Å². The van der Waals surface area contributed by atoms with Crippen LogP contribution in [0.1, 0.15) is 11.3 Å². The van der Waals surface area contributed by atoms with Crippen molar-refractivity contribution in [1.29, 1.82) is 0 Å². The summed E-state index contributed by atoms with van der Waals surface area (Å²) in [5, 5.41) is 13.7. The number of aromatic nitrogens is 2. The number of hydrogen-bond acceptors (Lipinski definition) is 6. The molecular formula is C22H18N4O4. The van der Waals surface area contributed by atoms with Crippen LogP contribution < -0.4 is 16.6 Å². The molecule has 4 aromatic rings. The van der Waals surface area contributed by atoms with Crippen molar-refractivity contribution >= 4 is 23.3 Å². The number of H-pyrrole nitrogens is 1. The van der Waals surface area contributed by atoms with Gasteiger partial charge in [-0.05, 0) is 48.5 Å². The van der Waals surface area contributed by atoms with Crippen molar-refractivity contribution in [3.8, 4) is 5.88 Å². The highest BCUT2D eigenvalue weighted by molar-refractivity contribution is 5.84. The Morgan fingerprint density at radius 1 is 1.00 bits per heavy atom. The Kier molecular flexibility index (Phi) is 5.29. The standard InChI is InChI=1S/C22H18N4O4/c27-20-19(21(28)26(22(29)25-20)14-18-7-4-12-30-18)13-23-15-8-10-17(11-9-15)24-16-5-2-1-3-6-16/h1-13,24,28H,14H2,(H,25,27,29). The normalized spacial score (nSPS) is 11.1. The lowest BCUT2D eigenvalue weighted by atomic mass is 10.2. The van der Waals surface area contributed by atoms with Crippen molar-refractivity contribution < 1.29 is 9.52 Å². The van der Waals surface area contributed by atoms with Crippen LogP contribution in [-0.4, -0.2) is 20.9 Å². The number of nitrogens with one attached hydrogen (secondary N) is 2. The molecule has 8 heteroatoms. The number of rotatable bonds is 6. The molecule has 150 valence electrons. The van der Waals surface area contributed by atoms with Gasteiger partial charge in [0.25, 0.3) is 5.56 Å². The minimum atomic E-state index is -0.734. The lowest BCUT2D eigenvalue weighted by Crippen LogP contribution is -2.32. The van der Waals surface area contributed by atoms with Gasteiger partial charge in [-0.25, -0.2) is 4.79 Å². The van der Waals surface area contributed by atoms with Gasteiger partial charge in [-0.15, -0.1) is 0 Å². The molecule has 8 nitrogen and oxygen atoms in total. The third-order valence-corrected chi connectivity index (χ3v) is 4.37. The molecule has 0 spiro atoms. The summed E-state index contributed by atoms with van der Waals surface area (Å²) in [6.07, 6.45) is 2.69. The van der Waals surface area contributed by atoms with E-state index in [1.165, 1.54) is 12.5 Å². The van der Waals surface area contributed by atoms with Crippen LogP contribution in [0.5, 0.6) is 5.88 Å². The molecule has 0 unspecified atom stereocenters. The lowest BCUT2D eigenvalue weighted by molar-refractivity contribution is 0.392. The second-order valence-electron chi connectivity index (χ2n) is 6.46. The van der Waals surface area contributed by atoms with E-state index in [9.17, 15) is 14.7 Å². The molecule has 0 fully saturated rings. The summed E-state index contributed by atoms with van der Waals surface area (Å²) in [4.78, 5) is 30.6. The Balaban J connectivity index is 1.56. The Labute approximate surface area is 170 Å². The van der Waals surface area contributed by atoms with Crippen molar-refractivity contribution in [3.63, 3.8) is 0 Å². The van der Waals surface area contributed by atoms with Gasteiger partial charge in [0.05, 0.1) is 18.5 Å².